The molecule has 154 valence electrons. The molecule has 0 spiro atoms. The van der Waals surface area contributed by atoms with E-state index in [0.29, 0.717) is 25.2 Å². The van der Waals surface area contributed by atoms with Crippen molar-refractivity contribution >= 4 is 17.6 Å². The number of benzene rings is 2. The van der Waals surface area contributed by atoms with Crippen LogP contribution in [-0.4, -0.2) is 55.6 Å². The normalized spacial score (nSPS) is 14.7. The second kappa shape index (κ2) is 10.1. The highest BCUT2D eigenvalue weighted by Gasteiger charge is 2.22. The number of urea groups is 1. The van der Waals surface area contributed by atoms with Crippen LogP contribution in [0.3, 0.4) is 0 Å². The molecule has 1 saturated heterocycles. The maximum absolute atomic E-state index is 12.8. The fraction of sp³-hybridized carbons (Fsp3) is 0.391. The smallest absolute Gasteiger partial charge is 0.321 e. The maximum Gasteiger partial charge on any atom is 0.321 e. The summed E-state index contributed by atoms with van der Waals surface area (Å²) < 4.78 is 0. The molecule has 6 heteroatoms. The lowest BCUT2D eigenvalue weighted by Crippen LogP contribution is -2.45. The van der Waals surface area contributed by atoms with Crippen LogP contribution in [0.25, 0.3) is 0 Å². The number of nitrogens with one attached hydrogen (secondary N) is 2. The van der Waals surface area contributed by atoms with Crippen LogP contribution in [0.15, 0.2) is 54.6 Å². The zero-order valence-corrected chi connectivity index (χ0v) is 17.2. The van der Waals surface area contributed by atoms with E-state index in [1.807, 2.05) is 30.3 Å². The Kier molecular flexibility index (Phi) is 7.25. The zero-order valence-electron chi connectivity index (χ0n) is 17.2. The Hall–Kier alpha value is -2.86. The van der Waals surface area contributed by atoms with E-state index in [0.717, 1.165) is 25.2 Å². The Morgan fingerprint density at radius 1 is 1.14 bits per heavy atom. The number of carbonyl (C=O) groups excluding carboxylic acids is 2. The van der Waals surface area contributed by atoms with Gasteiger partial charge in [0.2, 0.25) is 0 Å². The van der Waals surface area contributed by atoms with Crippen LogP contribution >= 0.6 is 0 Å². The van der Waals surface area contributed by atoms with Gasteiger partial charge in [-0.15, -0.1) is 0 Å². The molecule has 0 saturated carbocycles. The third kappa shape index (κ3) is 5.35. The van der Waals surface area contributed by atoms with Gasteiger partial charge in [0.25, 0.3) is 5.91 Å². The first-order chi connectivity index (χ1) is 14.1. The van der Waals surface area contributed by atoms with E-state index in [1.165, 1.54) is 5.56 Å². The van der Waals surface area contributed by atoms with E-state index in [4.69, 9.17) is 0 Å². The van der Waals surface area contributed by atoms with Gasteiger partial charge in [-0.2, -0.15) is 0 Å². The van der Waals surface area contributed by atoms with E-state index >= 15 is 0 Å². The molecule has 2 aromatic carbocycles. The molecule has 3 rings (SSSR count). The minimum absolute atomic E-state index is 0.114. The van der Waals surface area contributed by atoms with E-state index in [1.54, 1.807) is 17.0 Å². The Morgan fingerprint density at radius 3 is 2.55 bits per heavy atom. The Balaban J connectivity index is 1.67. The summed E-state index contributed by atoms with van der Waals surface area (Å²) in [5, 5.41) is 5.88. The molecule has 6 nitrogen and oxygen atoms in total. The first-order valence-corrected chi connectivity index (χ1v) is 10.3. The molecule has 2 aromatic rings. The highest BCUT2D eigenvalue weighted by atomic mass is 16.2. The molecule has 1 aliphatic rings. The summed E-state index contributed by atoms with van der Waals surface area (Å²) in [7, 11) is 0. The van der Waals surface area contributed by atoms with Crippen LogP contribution in [0.4, 0.5) is 10.5 Å². The van der Waals surface area contributed by atoms with Gasteiger partial charge in [0.15, 0.2) is 0 Å². The Labute approximate surface area is 172 Å². The van der Waals surface area contributed by atoms with Crippen molar-refractivity contribution in [1.82, 2.24) is 15.5 Å². The topological polar surface area (TPSA) is 64.7 Å². The monoisotopic (exact) mass is 394 g/mol. The van der Waals surface area contributed by atoms with E-state index < -0.39 is 0 Å². The minimum atomic E-state index is -0.119. The molecular formula is C23H30N4O2. The zero-order chi connectivity index (χ0) is 20.6. The number of hydrogen-bond acceptors (Lipinski definition) is 3. The van der Waals surface area contributed by atoms with Crippen LogP contribution in [-0.2, 0) is 6.42 Å². The van der Waals surface area contributed by atoms with Crippen molar-refractivity contribution in [1.29, 1.82) is 0 Å². The van der Waals surface area contributed by atoms with Crippen molar-refractivity contribution < 1.29 is 9.59 Å². The van der Waals surface area contributed by atoms with Crippen molar-refractivity contribution in [3.8, 4) is 0 Å². The number of rotatable bonds is 9. The number of amides is 3. The van der Waals surface area contributed by atoms with Gasteiger partial charge >= 0.3 is 6.03 Å². The van der Waals surface area contributed by atoms with Crippen LogP contribution < -0.4 is 15.5 Å². The van der Waals surface area contributed by atoms with Crippen LogP contribution in [0.2, 0.25) is 0 Å². The number of nitrogens with zero attached hydrogens (tertiary/aromatic N) is 2. The van der Waals surface area contributed by atoms with E-state index in [2.05, 4.69) is 41.5 Å². The lowest BCUT2D eigenvalue weighted by Gasteiger charge is -2.30. The minimum Gasteiger partial charge on any atom is -0.350 e. The van der Waals surface area contributed by atoms with Gasteiger partial charge in [-0.25, -0.2) is 4.79 Å². The molecule has 1 aliphatic heterocycles. The van der Waals surface area contributed by atoms with Gasteiger partial charge in [-0.05, 0) is 43.3 Å². The third-order valence-corrected chi connectivity index (χ3v) is 5.42. The number of hydrogen-bond donors (Lipinski definition) is 2. The van der Waals surface area contributed by atoms with Crippen molar-refractivity contribution in [2.75, 3.05) is 37.6 Å². The highest BCUT2D eigenvalue weighted by molar-refractivity contribution is 5.98. The van der Waals surface area contributed by atoms with Crippen LogP contribution in [0.1, 0.15) is 29.8 Å². The number of likely N-dealkylation sites (N-methyl/N-ethyl adjacent to an activating group) is 1. The molecule has 0 radical (unpaired) electrons. The second-order valence-electron chi connectivity index (χ2n) is 7.21. The van der Waals surface area contributed by atoms with Gasteiger partial charge in [0.05, 0.1) is 0 Å². The summed E-state index contributed by atoms with van der Waals surface area (Å²) in [5.74, 6) is -0.114. The maximum atomic E-state index is 12.8. The lowest BCUT2D eigenvalue weighted by atomic mass is 10.0. The first-order valence-electron chi connectivity index (χ1n) is 10.3. The van der Waals surface area contributed by atoms with Crippen molar-refractivity contribution in [3.63, 3.8) is 0 Å². The predicted molar refractivity (Wildman–Crippen MR) is 116 cm³/mol. The fourth-order valence-electron chi connectivity index (χ4n) is 3.80. The summed E-state index contributed by atoms with van der Waals surface area (Å²) in [6.07, 6.45) is 0.886. The molecule has 1 fully saturated rings. The van der Waals surface area contributed by atoms with Gasteiger partial charge in [0.1, 0.15) is 0 Å². The van der Waals surface area contributed by atoms with Crippen LogP contribution in [0.5, 0.6) is 0 Å². The standard InChI is InChI=1S/C23H30N4O2/c1-3-26(4-2)21(15-18-9-6-5-7-10-18)17-25-22(28)19-11-8-12-20(16-19)27-14-13-24-23(27)29/h5-12,16,21H,3-4,13-15,17H2,1-2H3,(H,24,29)(H,25,28)/t21-/m0/s1. The molecule has 1 heterocycles. The number of carbonyl (C=O) groups is 2. The summed E-state index contributed by atoms with van der Waals surface area (Å²) in [6, 6.07) is 17.7. The Bertz CT molecular complexity index is 821. The molecule has 0 unspecified atom stereocenters. The summed E-state index contributed by atoms with van der Waals surface area (Å²) in [5.41, 5.74) is 2.58. The average molecular weight is 395 g/mol. The van der Waals surface area contributed by atoms with Crippen molar-refractivity contribution in [3.05, 3.63) is 65.7 Å². The third-order valence-electron chi connectivity index (χ3n) is 5.42. The molecular weight excluding hydrogens is 364 g/mol. The summed E-state index contributed by atoms with van der Waals surface area (Å²) in [6.45, 7) is 7.98. The molecule has 0 aliphatic carbocycles. The van der Waals surface area contributed by atoms with Gasteiger partial charge < -0.3 is 10.6 Å². The quantitative estimate of drug-likeness (QED) is 0.687. The van der Waals surface area contributed by atoms with E-state index in [-0.39, 0.29) is 18.0 Å². The molecule has 2 N–H and O–H groups in total. The van der Waals surface area contributed by atoms with Crippen LogP contribution in [0, 0.1) is 0 Å². The summed E-state index contributed by atoms with van der Waals surface area (Å²) >= 11 is 0. The van der Waals surface area contributed by atoms with E-state index in [9.17, 15) is 9.59 Å². The van der Waals surface area contributed by atoms with Gasteiger partial charge in [-0.3, -0.25) is 14.6 Å². The van der Waals surface area contributed by atoms with Gasteiger partial charge in [0, 0.05) is 36.9 Å². The average Bonchev–Trinajstić information content (AvgIpc) is 3.19. The molecule has 29 heavy (non-hydrogen) atoms. The summed E-state index contributed by atoms with van der Waals surface area (Å²) in [4.78, 5) is 28.7. The lowest BCUT2D eigenvalue weighted by molar-refractivity contribution is 0.0934. The number of anilines is 1. The second-order valence-corrected chi connectivity index (χ2v) is 7.21. The molecule has 3 amide bonds. The first kappa shape index (κ1) is 20.9. The SMILES string of the molecule is CCN(CC)[C@H](CNC(=O)c1cccc(N2CCNC2=O)c1)Cc1ccccc1. The Morgan fingerprint density at radius 2 is 1.90 bits per heavy atom. The molecule has 0 aromatic heterocycles. The largest absolute Gasteiger partial charge is 0.350 e. The van der Waals surface area contributed by atoms with Crippen molar-refractivity contribution in [2.45, 2.75) is 26.3 Å². The van der Waals surface area contributed by atoms with Crippen molar-refractivity contribution in [2.24, 2.45) is 0 Å². The molecule has 0 bridgehead atoms. The highest BCUT2D eigenvalue weighted by Crippen LogP contribution is 2.18. The predicted octanol–water partition coefficient (Wildman–Crippen LogP) is 2.90. The molecule has 1 atom stereocenters. The fourth-order valence-corrected chi connectivity index (χ4v) is 3.80. The van der Waals surface area contributed by atoms with Gasteiger partial charge in [-0.1, -0.05) is 50.2 Å².